The van der Waals surface area contributed by atoms with E-state index in [1.165, 1.54) is 12.1 Å². The average Bonchev–Trinajstić information content (AvgIpc) is 2.17. The highest BCUT2D eigenvalue weighted by Crippen LogP contribution is 2.09. The number of nitrogens with one attached hydrogen (secondary N) is 1. The highest BCUT2D eigenvalue weighted by molar-refractivity contribution is 5.97. The van der Waals surface area contributed by atoms with Gasteiger partial charge in [0.15, 0.2) is 5.78 Å². The summed E-state index contributed by atoms with van der Waals surface area (Å²) in [6, 6.07) is 5.79. The quantitative estimate of drug-likeness (QED) is 0.743. The van der Waals surface area contributed by atoms with Gasteiger partial charge in [-0.05, 0) is 19.2 Å². The van der Waals surface area contributed by atoms with Crippen molar-refractivity contribution in [2.24, 2.45) is 5.92 Å². The Kier molecular flexibility index (Phi) is 3.77. The summed E-state index contributed by atoms with van der Waals surface area (Å²) in [5.74, 6) is -0.520. The molecular weight excluding hydrogens is 181 g/mol. The minimum atomic E-state index is -0.368. The molecule has 0 aliphatic carbocycles. The lowest BCUT2D eigenvalue weighted by Gasteiger charge is -2.09. The van der Waals surface area contributed by atoms with Gasteiger partial charge in [0.25, 0.3) is 0 Å². The van der Waals surface area contributed by atoms with Crippen molar-refractivity contribution in [2.45, 2.75) is 6.92 Å². The molecule has 1 aromatic rings. The summed E-state index contributed by atoms with van der Waals surface area (Å²) in [6.45, 7) is 2.43. The monoisotopic (exact) mass is 195 g/mol. The van der Waals surface area contributed by atoms with E-state index in [2.05, 4.69) is 5.32 Å². The van der Waals surface area contributed by atoms with Crippen molar-refractivity contribution in [3.05, 3.63) is 35.6 Å². The summed E-state index contributed by atoms with van der Waals surface area (Å²) in [6.07, 6.45) is 0. The number of ketones is 1. The molecule has 0 bridgehead atoms. The Balaban J connectivity index is 2.78. The molecule has 1 unspecified atom stereocenters. The fourth-order valence-corrected chi connectivity index (χ4v) is 1.33. The number of benzene rings is 1. The number of hydrogen-bond donors (Lipinski definition) is 1. The summed E-state index contributed by atoms with van der Waals surface area (Å²) in [5, 5.41) is 2.92. The van der Waals surface area contributed by atoms with Crippen LogP contribution in [0, 0.1) is 11.7 Å². The largest absolute Gasteiger partial charge is 0.319 e. The molecule has 76 valence electrons. The van der Waals surface area contributed by atoms with Crippen molar-refractivity contribution in [3.8, 4) is 0 Å². The first-order valence-electron chi connectivity index (χ1n) is 4.59. The first kappa shape index (κ1) is 10.9. The maximum absolute atomic E-state index is 12.8. The summed E-state index contributed by atoms with van der Waals surface area (Å²) >= 11 is 0. The van der Waals surface area contributed by atoms with Crippen molar-refractivity contribution in [1.82, 2.24) is 5.32 Å². The van der Waals surface area contributed by atoms with E-state index in [1.54, 1.807) is 19.2 Å². The fourth-order valence-electron chi connectivity index (χ4n) is 1.33. The van der Waals surface area contributed by atoms with Crippen LogP contribution in [0.5, 0.6) is 0 Å². The Hall–Kier alpha value is -1.22. The highest BCUT2D eigenvalue weighted by atomic mass is 19.1. The smallest absolute Gasteiger partial charge is 0.167 e. The SMILES string of the molecule is CNCC(C)C(=O)c1cccc(F)c1. The van der Waals surface area contributed by atoms with Crippen LogP contribution in [0.2, 0.25) is 0 Å². The van der Waals surface area contributed by atoms with Gasteiger partial charge in [0, 0.05) is 18.0 Å². The van der Waals surface area contributed by atoms with Crippen LogP contribution in [-0.4, -0.2) is 19.4 Å². The Morgan fingerprint density at radius 1 is 1.57 bits per heavy atom. The Morgan fingerprint density at radius 3 is 2.86 bits per heavy atom. The maximum atomic E-state index is 12.8. The van der Waals surface area contributed by atoms with Gasteiger partial charge in [-0.15, -0.1) is 0 Å². The van der Waals surface area contributed by atoms with Gasteiger partial charge in [0.1, 0.15) is 5.82 Å². The lowest BCUT2D eigenvalue weighted by atomic mass is 9.99. The molecule has 3 heteroatoms. The molecule has 0 heterocycles. The van der Waals surface area contributed by atoms with Crippen LogP contribution in [0.3, 0.4) is 0 Å². The molecule has 0 amide bonds. The van der Waals surface area contributed by atoms with Gasteiger partial charge in [-0.3, -0.25) is 4.79 Å². The summed E-state index contributed by atoms with van der Waals surface area (Å²) in [4.78, 5) is 11.7. The number of halogens is 1. The third kappa shape index (κ3) is 2.64. The highest BCUT2D eigenvalue weighted by Gasteiger charge is 2.14. The van der Waals surface area contributed by atoms with Gasteiger partial charge in [0.05, 0.1) is 0 Å². The zero-order chi connectivity index (χ0) is 10.6. The normalized spacial score (nSPS) is 12.5. The second-order valence-corrected chi connectivity index (χ2v) is 3.33. The summed E-state index contributed by atoms with van der Waals surface area (Å²) in [5.41, 5.74) is 0.438. The van der Waals surface area contributed by atoms with E-state index >= 15 is 0 Å². The molecule has 0 aromatic heterocycles. The fraction of sp³-hybridized carbons (Fsp3) is 0.364. The van der Waals surface area contributed by atoms with Gasteiger partial charge in [-0.25, -0.2) is 4.39 Å². The lowest BCUT2D eigenvalue weighted by molar-refractivity contribution is 0.0929. The topological polar surface area (TPSA) is 29.1 Å². The van der Waals surface area contributed by atoms with Crippen LogP contribution in [0.4, 0.5) is 4.39 Å². The molecular formula is C11H14FNO. The van der Waals surface area contributed by atoms with Crippen LogP contribution < -0.4 is 5.32 Å². The third-order valence-electron chi connectivity index (χ3n) is 2.07. The molecule has 1 aromatic carbocycles. The second-order valence-electron chi connectivity index (χ2n) is 3.33. The zero-order valence-corrected chi connectivity index (χ0v) is 8.38. The van der Waals surface area contributed by atoms with Crippen molar-refractivity contribution in [2.75, 3.05) is 13.6 Å². The van der Waals surface area contributed by atoms with Crippen molar-refractivity contribution < 1.29 is 9.18 Å². The zero-order valence-electron chi connectivity index (χ0n) is 8.38. The van der Waals surface area contributed by atoms with Gasteiger partial charge in [-0.2, -0.15) is 0 Å². The number of rotatable bonds is 4. The molecule has 0 aliphatic heterocycles. The van der Waals surface area contributed by atoms with Crippen molar-refractivity contribution in [3.63, 3.8) is 0 Å². The molecule has 14 heavy (non-hydrogen) atoms. The van der Waals surface area contributed by atoms with E-state index in [-0.39, 0.29) is 17.5 Å². The Labute approximate surface area is 83.1 Å². The summed E-state index contributed by atoms with van der Waals surface area (Å²) in [7, 11) is 1.79. The van der Waals surface area contributed by atoms with E-state index in [1.807, 2.05) is 6.92 Å². The molecule has 0 spiro atoms. The van der Waals surface area contributed by atoms with Gasteiger partial charge in [0.2, 0.25) is 0 Å². The number of carbonyl (C=O) groups is 1. The van der Waals surface area contributed by atoms with E-state index in [0.717, 1.165) is 0 Å². The van der Waals surface area contributed by atoms with Crippen LogP contribution in [0.15, 0.2) is 24.3 Å². The minimum Gasteiger partial charge on any atom is -0.319 e. The maximum Gasteiger partial charge on any atom is 0.167 e. The molecule has 1 rings (SSSR count). The van der Waals surface area contributed by atoms with Gasteiger partial charge >= 0.3 is 0 Å². The molecule has 0 fully saturated rings. The minimum absolute atomic E-state index is 0.0288. The number of Topliss-reactive ketones (excluding diaryl/α,β-unsaturated/α-hetero) is 1. The molecule has 1 N–H and O–H groups in total. The lowest BCUT2D eigenvalue weighted by Crippen LogP contribution is -2.23. The van der Waals surface area contributed by atoms with Crippen LogP contribution in [0.1, 0.15) is 17.3 Å². The van der Waals surface area contributed by atoms with E-state index in [4.69, 9.17) is 0 Å². The molecule has 0 saturated heterocycles. The first-order valence-corrected chi connectivity index (χ1v) is 4.59. The standard InChI is InChI=1S/C11H14FNO/c1-8(7-13-2)11(14)9-4-3-5-10(12)6-9/h3-6,8,13H,7H2,1-2H3. The van der Waals surface area contributed by atoms with Gasteiger partial charge in [-0.1, -0.05) is 19.1 Å². The molecule has 0 radical (unpaired) electrons. The van der Waals surface area contributed by atoms with Crippen molar-refractivity contribution in [1.29, 1.82) is 0 Å². The molecule has 1 atom stereocenters. The van der Waals surface area contributed by atoms with E-state index in [0.29, 0.717) is 12.1 Å². The molecule has 0 aliphatic rings. The molecule has 0 saturated carbocycles. The Morgan fingerprint density at radius 2 is 2.29 bits per heavy atom. The average molecular weight is 195 g/mol. The van der Waals surface area contributed by atoms with E-state index in [9.17, 15) is 9.18 Å². The molecule has 2 nitrogen and oxygen atoms in total. The first-order chi connectivity index (χ1) is 6.65. The third-order valence-corrected chi connectivity index (χ3v) is 2.07. The van der Waals surface area contributed by atoms with E-state index < -0.39 is 0 Å². The van der Waals surface area contributed by atoms with Crippen LogP contribution in [0.25, 0.3) is 0 Å². The predicted molar refractivity (Wildman–Crippen MR) is 53.8 cm³/mol. The van der Waals surface area contributed by atoms with Gasteiger partial charge < -0.3 is 5.32 Å². The number of hydrogen-bond acceptors (Lipinski definition) is 2. The second kappa shape index (κ2) is 4.86. The van der Waals surface area contributed by atoms with Crippen LogP contribution in [-0.2, 0) is 0 Å². The van der Waals surface area contributed by atoms with Crippen molar-refractivity contribution >= 4 is 5.78 Å². The van der Waals surface area contributed by atoms with Crippen LogP contribution >= 0.6 is 0 Å². The number of carbonyl (C=O) groups excluding carboxylic acids is 1. The Bertz CT molecular complexity index is 325. The summed E-state index contributed by atoms with van der Waals surface area (Å²) < 4.78 is 12.8. The predicted octanol–water partition coefficient (Wildman–Crippen LogP) is 1.86.